The van der Waals surface area contributed by atoms with Gasteiger partial charge in [0.15, 0.2) is 0 Å². The molecule has 0 fully saturated rings. The van der Waals surface area contributed by atoms with Gasteiger partial charge < -0.3 is 5.73 Å². The van der Waals surface area contributed by atoms with Crippen molar-refractivity contribution in [2.24, 2.45) is 0 Å². The molecule has 1 aromatic heterocycles. The Labute approximate surface area is 136 Å². The van der Waals surface area contributed by atoms with E-state index in [2.05, 4.69) is 14.7 Å². The lowest BCUT2D eigenvalue weighted by atomic mass is 10.2. The van der Waals surface area contributed by atoms with Gasteiger partial charge in [0.2, 0.25) is 5.28 Å². The minimum Gasteiger partial charge on any atom is -0.398 e. The van der Waals surface area contributed by atoms with Crippen LogP contribution in [0.4, 0.5) is 11.5 Å². The Bertz CT molecular complexity index is 768. The van der Waals surface area contributed by atoms with Gasteiger partial charge in [0.05, 0.1) is 4.90 Å². The molecule has 10 heteroatoms. The van der Waals surface area contributed by atoms with E-state index in [4.69, 9.17) is 40.5 Å². The molecule has 0 atom stereocenters. The van der Waals surface area contributed by atoms with Crippen molar-refractivity contribution in [3.05, 3.63) is 39.2 Å². The highest BCUT2D eigenvalue weighted by Crippen LogP contribution is 2.27. The Morgan fingerprint density at radius 1 is 1.14 bits per heavy atom. The highest BCUT2D eigenvalue weighted by atomic mass is 35.5. The summed E-state index contributed by atoms with van der Waals surface area (Å²) in [6.45, 7) is 1.69. The summed E-state index contributed by atoms with van der Waals surface area (Å²) in [4.78, 5) is 7.25. The van der Waals surface area contributed by atoms with Crippen molar-refractivity contribution >= 4 is 56.3 Å². The molecule has 3 N–H and O–H groups in total. The second-order valence-electron chi connectivity index (χ2n) is 4.07. The summed E-state index contributed by atoms with van der Waals surface area (Å²) in [5.74, 6) is -0.0599. The number of hydrogen-bond donors (Lipinski definition) is 2. The fourth-order valence-corrected chi connectivity index (χ4v) is 3.22. The molecule has 0 aliphatic carbocycles. The first kappa shape index (κ1) is 16.1. The summed E-state index contributed by atoms with van der Waals surface area (Å²) in [5, 5.41) is 0.0740. The number of nitrogen functional groups attached to an aromatic ring is 1. The summed E-state index contributed by atoms with van der Waals surface area (Å²) in [6, 6.07) is 3.82. The molecule has 1 heterocycles. The fraction of sp³-hybridized carbons (Fsp3) is 0.0909. The molecule has 112 valence electrons. The molecular weight excluding hydrogens is 359 g/mol. The molecule has 0 spiro atoms. The first-order valence-corrected chi connectivity index (χ1v) is 8.09. The molecule has 0 aliphatic rings. The molecule has 0 unspecified atom stereocenters. The predicted molar refractivity (Wildman–Crippen MR) is 83.5 cm³/mol. The van der Waals surface area contributed by atoms with E-state index in [1.54, 1.807) is 6.92 Å². The van der Waals surface area contributed by atoms with Crippen LogP contribution in [0.2, 0.25) is 15.5 Å². The maximum atomic E-state index is 12.3. The van der Waals surface area contributed by atoms with Gasteiger partial charge in [-0.25, -0.2) is 13.4 Å². The quantitative estimate of drug-likeness (QED) is 0.493. The Balaban J connectivity index is 2.43. The van der Waals surface area contributed by atoms with Crippen molar-refractivity contribution in [3.8, 4) is 0 Å². The average molecular weight is 368 g/mol. The number of nitrogens with zero attached hydrogens (tertiary/aromatic N) is 2. The first-order valence-electron chi connectivity index (χ1n) is 5.47. The van der Waals surface area contributed by atoms with Crippen molar-refractivity contribution in [1.82, 2.24) is 9.97 Å². The highest BCUT2D eigenvalue weighted by Gasteiger charge is 2.18. The molecule has 2 rings (SSSR count). The number of hydrogen-bond acceptors (Lipinski definition) is 5. The number of nitrogens with two attached hydrogens (primary N) is 1. The van der Waals surface area contributed by atoms with Crippen LogP contribution in [0.25, 0.3) is 0 Å². The maximum Gasteiger partial charge on any atom is 0.263 e. The third-order valence-electron chi connectivity index (χ3n) is 2.57. The summed E-state index contributed by atoms with van der Waals surface area (Å²) in [5.41, 5.74) is 6.58. The van der Waals surface area contributed by atoms with Gasteiger partial charge in [0.25, 0.3) is 10.0 Å². The molecule has 2 aromatic rings. The molecule has 0 amide bonds. The molecule has 0 radical (unpaired) electrons. The largest absolute Gasteiger partial charge is 0.398 e. The van der Waals surface area contributed by atoms with Gasteiger partial charge in [-0.1, -0.05) is 23.2 Å². The van der Waals surface area contributed by atoms with Gasteiger partial charge in [-0.2, -0.15) is 4.98 Å². The second-order valence-corrected chi connectivity index (χ2v) is 6.88. The second kappa shape index (κ2) is 5.84. The minimum atomic E-state index is -3.93. The van der Waals surface area contributed by atoms with Gasteiger partial charge in [-0.15, -0.1) is 0 Å². The van der Waals surface area contributed by atoms with Crippen LogP contribution in [-0.4, -0.2) is 18.4 Å². The Hall–Kier alpha value is -1.28. The zero-order chi connectivity index (χ0) is 15.8. The molecule has 0 aliphatic heterocycles. The monoisotopic (exact) mass is 366 g/mol. The van der Waals surface area contributed by atoms with Crippen molar-refractivity contribution in [1.29, 1.82) is 0 Å². The van der Waals surface area contributed by atoms with Crippen molar-refractivity contribution in [3.63, 3.8) is 0 Å². The molecule has 0 saturated carbocycles. The van der Waals surface area contributed by atoms with Crippen LogP contribution in [-0.2, 0) is 10.0 Å². The SMILES string of the molecule is Cc1c(N)cc(S(=O)(=O)Nc2cc(Cl)nc(Cl)n2)cc1Cl. The van der Waals surface area contributed by atoms with Crippen LogP contribution in [0.15, 0.2) is 23.1 Å². The summed E-state index contributed by atoms with van der Waals surface area (Å²) < 4.78 is 26.8. The van der Waals surface area contributed by atoms with Gasteiger partial charge in [0.1, 0.15) is 11.0 Å². The van der Waals surface area contributed by atoms with E-state index in [1.165, 1.54) is 18.2 Å². The smallest absolute Gasteiger partial charge is 0.263 e. The number of anilines is 2. The van der Waals surface area contributed by atoms with Crippen LogP contribution in [0.1, 0.15) is 5.56 Å². The molecule has 21 heavy (non-hydrogen) atoms. The van der Waals surface area contributed by atoms with Gasteiger partial charge >= 0.3 is 0 Å². The molecule has 1 aromatic carbocycles. The maximum absolute atomic E-state index is 12.3. The minimum absolute atomic E-state index is 0.00847. The van der Waals surface area contributed by atoms with E-state index in [0.717, 1.165) is 0 Å². The molecule has 0 saturated heterocycles. The molecular formula is C11H9Cl3N4O2S. The zero-order valence-corrected chi connectivity index (χ0v) is 13.6. The van der Waals surface area contributed by atoms with E-state index in [1.807, 2.05) is 0 Å². The van der Waals surface area contributed by atoms with Crippen molar-refractivity contribution in [2.45, 2.75) is 11.8 Å². The topological polar surface area (TPSA) is 98.0 Å². The standard InChI is InChI=1S/C11H9Cl3N4O2S/c1-5-7(12)2-6(3-8(5)15)21(19,20)18-10-4-9(13)16-11(14)17-10/h2-4H,15H2,1H3,(H,16,17,18). The third-order valence-corrected chi connectivity index (χ3v) is 4.66. The number of benzene rings is 1. The molecule has 6 nitrogen and oxygen atoms in total. The van der Waals surface area contributed by atoms with Gasteiger partial charge in [-0.05, 0) is 36.2 Å². The van der Waals surface area contributed by atoms with E-state index in [-0.39, 0.29) is 31.9 Å². The predicted octanol–water partition coefficient (Wildman–Crippen LogP) is 3.13. The van der Waals surface area contributed by atoms with Crippen LogP contribution in [0.5, 0.6) is 0 Å². The number of nitrogens with one attached hydrogen (secondary N) is 1. The molecule has 0 bridgehead atoms. The third kappa shape index (κ3) is 3.68. The lowest BCUT2D eigenvalue weighted by Gasteiger charge is -2.10. The summed E-state index contributed by atoms with van der Waals surface area (Å²) >= 11 is 17.2. The van der Waals surface area contributed by atoms with Crippen molar-refractivity contribution in [2.75, 3.05) is 10.5 Å². The Morgan fingerprint density at radius 3 is 2.38 bits per heavy atom. The lowest BCUT2D eigenvalue weighted by molar-refractivity contribution is 0.601. The number of halogens is 3. The van der Waals surface area contributed by atoms with Crippen molar-refractivity contribution < 1.29 is 8.42 Å². The van der Waals surface area contributed by atoms with Crippen LogP contribution >= 0.6 is 34.8 Å². The van der Waals surface area contributed by atoms with Gasteiger partial charge in [0, 0.05) is 16.8 Å². The van der Waals surface area contributed by atoms with E-state index < -0.39 is 10.0 Å². The van der Waals surface area contributed by atoms with E-state index in [0.29, 0.717) is 5.56 Å². The summed E-state index contributed by atoms with van der Waals surface area (Å²) in [7, 11) is -3.93. The van der Waals surface area contributed by atoms with Gasteiger partial charge in [-0.3, -0.25) is 4.72 Å². The zero-order valence-electron chi connectivity index (χ0n) is 10.6. The first-order chi connectivity index (χ1) is 9.69. The Morgan fingerprint density at radius 2 is 1.81 bits per heavy atom. The highest BCUT2D eigenvalue weighted by molar-refractivity contribution is 7.92. The summed E-state index contributed by atoms with van der Waals surface area (Å²) in [6.07, 6.45) is 0. The number of rotatable bonds is 3. The van der Waals surface area contributed by atoms with E-state index in [9.17, 15) is 8.42 Å². The lowest BCUT2D eigenvalue weighted by Crippen LogP contribution is -2.15. The average Bonchev–Trinajstić information content (AvgIpc) is 2.33. The van der Waals surface area contributed by atoms with Crippen LogP contribution in [0, 0.1) is 6.92 Å². The van der Waals surface area contributed by atoms with E-state index >= 15 is 0 Å². The number of aromatic nitrogens is 2. The fourth-order valence-electron chi connectivity index (χ4n) is 1.47. The van der Waals surface area contributed by atoms with Crippen LogP contribution < -0.4 is 10.5 Å². The normalized spacial score (nSPS) is 11.4. The van der Waals surface area contributed by atoms with Crippen LogP contribution in [0.3, 0.4) is 0 Å². The number of sulfonamides is 1. The Kier molecular flexibility index (Phi) is 4.48.